The topological polar surface area (TPSA) is 34.1 Å². The van der Waals surface area contributed by atoms with E-state index in [1.165, 1.54) is 6.92 Å². The quantitative estimate of drug-likeness (QED) is 0.429. The number of hydrogen-bond acceptors (Lipinski definition) is 2. The van der Waals surface area contributed by atoms with Crippen molar-refractivity contribution < 1.29 is 26.4 Å². The molecular formula is C5H7CoO2-. The van der Waals surface area contributed by atoms with Gasteiger partial charge in [-0.15, -0.1) is 0 Å². The van der Waals surface area contributed by atoms with Gasteiger partial charge in [0.05, 0.1) is 0 Å². The standard InChI is InChI=1S/C5H7O2.Co/c1-4(6)3-5(2)7;/h1,3H2,2H3;/q-1;. The van der Waals surface area contributed by atoms with Crippen molar-refractivity contribution in [3.8, 4) is 0 Å². The van der Waals surface area contributed by atoms with Crippen LogP contribution in [-0.2, 0) is 26.4 Å². The Morgan fingerprint density at radius 3 is 1.88 bits per heavy atom. The number of ketones is 2. The van der Waals surface area contributed by atoms with Crippen LogP contribution in [0.5, 0.6) is 0 Å². The molecule has 0 saturated carbocycles. The Hall–Kier alpha value is -0.284. The second-order valence-corrected chi connectivity index (χ2v) is 1.42. The number of carbonyl (C=O) groups is 2. The first kappa shape index (κ1) is 10.7. The molecule has 0 bridgehead atoms. The smallest absolute Gasteiger partial charge is 0.134 e. The largest absolute Gasteiger partial charge is 0.339 e. The van der Waals surface area contributed by atoms with Gasteiger partial charge in [0.1, 0.15) is 5.78 Å². The molecule has 0 aromatic rings. The molecule has 0 heterocycles. The third-order valence-electron chi connectivity index (χ3n) is 0.446. The van der Waals surface area contributed by atoms with E-state index in [2.05, 4.69) is 6.92 Å². The summed E-state index contributed by atoms with van der Waals surface area (Å²) in [5.41, 5.74) is 0. The Morgan fingerprint density at radius 2 is 1.88 bits per heavy atom. The van der Waals surface area contributed by atoms with Gasteiger partial charge in [-0.05, 0) is 6.92 Å². The van der Waals surface area contributed by atoms with Gasteiger partial charge in [0.2, 0.25) is 0 Å². The van der Waals surface area contributed by atoms with Crippen LogP contribution < -0.4 is 0 Å². The summed E-state index contributed by atoms with van der Waals surface area (Å²) in [7, 11) is 0. The molecule has 0 unspecified atom stereocenters. The molecule has 2 nitrogen and oxygen atoms in total. The molecule has 49 valence electrons. The molecule has 1 radical (unpaired) electrons. The van der Waals surface area contributed by atoms with Crippen molar-refractivity contribution in [1.82, 2.24) is 0 Å². The maximum atomic E-state index is 9.99. The SMILES string of the molecule is [CH2-]C(=O)CC(C)=O.[Co]. The summed E-state index contributed by atoms with van der Waals surface area (Å²) in [5, 5.41) is 0. The van der Waals surface area contributed by atoms with Crippen LogP contribution in [0, 0.1) is 6.92 Å². The maximum Gasteiger partial charge on any atom is 0.134 e. The van der Waals surface area contributed by atoms with Crippen LogP contribution in [0.1, 0.15) is 13.3 Å². The Kier molecular flexibility index (Phi) is 6.48. The average Bonchev–Trinajstić information content (AvgIpc) is 1.27. The number of Topliss-reactive ketones (excluding diaryl/α,β-unsaturated/α-hetero) is 2. The minimum Gasteiger partial charge on any atom is -0.339 e. The molecule has 0 rings (SSSR count). The zero-order valence-electron chi connectivity index (χ0n) is 4.56. The monoisotopic (exact) mass is 158 g/mol. The van der Waals surface area contributed by atoms with E-state index in [4.69, 9.17) is 0 Å². The fourth-order valence-corrected chi connectivity index (χ4v) is 0.278. The van der Waals surface area contributed by atoms with Crippen LogP contribution in [0.15, 0.2) is 0 Å². The van der Waals surface area contributed by atoms with Crippen LogP contribution >= 0.6 is 0 Å². The van der Waals surface area contributed by atoms with Gasteiger partial charge in [-0.3, -0.25) is 4.79 Å². The average molecular weight is 158 g/mol. The van der Waals surface area contributed by atoms with E-state index in [9.17, 15) is 9.59 Å². The van der Waals surface area contributed by atoms with Gasteiger partial charge in [0.15, 0.2) is 0 Å². The van der Waals surface area contributed by atoms with Gasteiger partial charge in [-0.2, -0.15) is 0 Å². The van der Waals surface area contributed by atoms with Crippen molar-refractivity contribution in [3.63, 3.8) is 0 Å². The van der Waals surface area contributed by atoms with E-state index >= 15 is 0 Å². The number of rotatable bonds is 2. The van der Waals surface area contributed by atoms with E-state index in [-0.39, 0.29) is 34.8 Å². The van der Waals surface area contributed by atoms with Crippen molar-refractivity contribution in [2.75, 3.05) is 0 Å². The molecule has 8 heavy (non-hydrogen) atoms. The van der Waals surface area contributed by atoms with Crippen LogP contribution in [0.3, 0.4) is 0 Å². The maximum absolute atomic E-state index is 9.99. The van der Waals surface area contributed by atoms with Crippen molar-refractivity contribution >= 4 is 11.6 Å². The van der Waals surface area contributed by atoms with E-state index in [0.29, 0.717) is 0 Å². The first-order valence-electron chi connectivity index (χ1n) is 1.97. The molecule has 0 aliphatic rings. The predicted molar refractivity (Wildman–Crippen MR) is 25.7 cm³/mol. The van der Waals surface area contributed by atoms with Gasteiger partial charge in [-0.1, -0.05) is 0 Å². The van der Waals surface area contributed by atoms with Gasteiger partial charge >= 0.3 is 0 Å². The van der Waals surface area contributed by atoms with Crippen molar-refractivity contribution in [3.05, 3.63) is 6.92 Å². The third kappa shape index (κ3) is 9.21. The van der Waals surface area contributed by atoms with Gasteiger partial charge < -0.3 is 11.7 Å². The fraction of sp³-hybridized carbons (Fsp3) is 0.400. The van der Waals surface area contributed by atoms with Crippen LogP contribution in [0.25, 0.3) is 0 Å². The molecular weight excluding hydrogens is 151 g/mol. The Morgan fingerprint density at radius 1 is 1.50 bits per heavy atom. The summed E-state index contributed by atoms with van der Waals surface area (Å²) >= 11 is 0. The first-order chi connectivity index (χ1) is 3.13. The summed E-state index contributed by atoms with van der Waals surface area (Å²) in [6, 6.07) is 0. The summed E-state index contributed by atoms with van der Waals surface area (Å²) in [6.45, 7) is 4.38. The summed E-state index contributed by atoms with van der Waals surface area (Å²) in [5.74, 6) is -0.437. The van der Waals surface area contributed by atoms with Crippen LogP contribution in [0.2, 0.25) is 0 Å². The molecule has 0 fully saturated rings. The van der Waals surface area contributed by atoms with E-state index in [1.807, 2.05) is 0 Å². The van der Waals surface area contributed by atoms with Crippen molar-refractivity contribution in [1.29, 1.82) is 0 Å². The molecule has 0 spiro atoms. The molecule has 0 aliphatic carbocycles. The molecule has 0 N–H and O–H groups in total. The second-order valence-electron chi connectivity index (χ2n) is 1.42. The normalized spacial score (nSPS) is 7.12. The Labute approximate surface area is 58.8 Å². The van der Waals surface area contributed by atoms with E-state index in [1.54, 1.807) is 0 Å². The molecule has 0 aromatic heterocycles. The van der Waals surface area contributed by atoms with Crippen molar-refractivity contribution in [2.45, 2.75) is 13.3 Å². The molecule has 0 aliphatic heterocycles. The minimum atomic E-state index is -0.312. The van der Waals surface area contributed by atoms with E-state index in [0.717, 1.165) is 0 Å². The van der Waals surface area contributed by atoms with E-state index < -0.39 is 0 Å². The summed E-state index contributed by atoms with van der Waals surface area (Å²) in [4.78, 5) is 19.9. The molecule has 0 aromatic carbocycles. The fourth-order valence-electron chi connectivity index (χ4n) is 0.278. The van der Waals surface area contributed by atoms with Crippen LogP contribution in [0.4, 0.5) is 0 Å². The predicted octanol–water partition coefficient (Wildman–Crippen LogP) is 0.366. The Balaban J connectivity index is 0. The Bertz CT molecular complexity index is 86.6. The van der Waals surface area contributed by atoms with Gasteiger partial charge in [0, 0.05) is 29.0 Å². The molecule has 0 atom stereocenters. The summed E-state index contributed by atoms with van der Waals surface area (Å²) < 4.78 is 0. The zero-order valence-corrected chi connectivity index (χ0v) is 5.61. The minimum absolute atomic E-state index is 0. The van der Waals surface area contributed by atoms with Crippen molar-refractivity contribution in [2.24, 2.45) is 0 Å². The zero-order chi connectivity index (χ0) is 5.86. The second kappa shape index (κ2) is 4.87. The van der Waals surface area contributed by atoms with Crippen LogP contribution in [-0.4, -0.2) is 11.6 Å². The first-order valence-corrected chi connectivity index (χ1v) is 1.97. The number of carbonyl (C=O) groups excluding carboxylic acids is 2. The third-order valence-corrected chi connectivity index (χ3v) is 0.446. The molecule has 0 saturated heterocycles. The number of hydrogen-bond donors (Lipinski definition) is 0. The van der Waals surface area contributed by atoms with Gasteiger partial charge in [-0.25, -0.2) is 0 Å². The summed E-state index contributed by atoms with van der Waals surface area (Å²) in [6.07, 6.45) is -0.0278. The van der Waals surface area contributed by atoms with Gasteiger partial charge in [0.25, 0.3) is 0 Å². The molecule has 3 heteroatoms. The molecule has 0 amide bonds.